The summed E-state index contributed by atoms with van der Waals surface area (Å²) in [7, 11) is 0. The highest BCUT2D eigenvalue weighted by atomic mass is 16.2. The van der Waals surface area contributed by atoms with Crippen LogP contribution in [0.1, 0.15) is 45.4 Å². The van der Waals surface area contributed by atoms with Gasteiger partial charge in [0.1, 0.15) is 5.82 Å². The van der Waals surface area contributed by atoms with Gasteiger partial charge < -0.3 is 15.2 Å². The van der Waals surface area contributed by atoms with Crippen molar-refractivity contribution in [1.82, 2.24) is 25.1 Å². The summed E-state index contributed by atoms with van der Waals surface area (Å²) in [4.78, 5) is 18.6. The Kier molecular flexibility index (Phi) is 5.89. The number of rotatable bonds is 8. The minimum atomic E-state index is 0.199. The number of carbonyl (C=O) groups excluding carboxylic acids is 1. The predicted octanol–water partition coefficient (Wildman–Crippen LogP) is 1.17. The molecule has 1 saturated carbocycles. The Morgan fingerprint density at radius 1 is 1.29 bits per heavy atom. The van der Waals surface area contributed by atoms with Crippen LogP contribution in [0.5, 0.6) is 0 Å². The average Bonchev–Trinajstić information content (AvgIpc) is 3.25. The standard InChI is InChI=1S/C18H31N5O/c1-3-17-19-8-11-23(17)12-14(2)20-16-6-9-22(10-7-16)13-18(24)21-15-4-5-15/h8,11,14-16,20H,3-7,9-10,12-13H2,1-2H3,(H,21,24). The van der Waals surface area contributed by atoms with Gasteiger partial charge in [0.15, 0.2) is 0 Å². The van der Waals surface area contributed by atoms with Gasteiger partial charge in [-0.05, 0) is 32.6 Å². The second-order valence-electron chi connectivity index (χ2n) is 7.31. The summed E-state index contributed by atoms with van der Waals surface area (Å²) >= 11 is 0. The van der Waals surface area contributed by atoms with Crippen molar-refractivity contribution < 1.29 is 4.79 Å². The summed E-state index contributed by atoms with van der Waals surface area (Å²) < 4.78 is 2.25. The highest BCUT2D eigenvalue weighted by molar-refractivity contribution is 5.78. The highest BCUT2D eigenvalue weighted by Gasteiger charge is 2.26. The van der Waals surface area contributed by atoms with E-state index in [1.54, 1.807) is 0 Å². The summed E-state index contributed by atoms with van der Waals surface area (Å²) in [5.74, 6) is 1.35. The fourth-order valence-corrected chi connectivity index (χ4v) is 3.53. The number of hydrogen-bond acceptors (Lipinski definition) is 4. The molecule has 1 aromatic rings. The van der Waals surface area contributed by atoms with E-state index in [2.05, 4.69) is 45.1 Å². The molecule has 0 bridgehead atoms. The molecule has 3 rings (SSSR count). The molecule has 1 aromatic heterocycles. The van der Waals surface area contributed by atoms with Crippen molar-refractivity contribution in [1.29, 1.82) is 0 Å². The van der Waals surface area contributed by atoms with Crippen LogP contribution in [0, 0.1) is 0 Å². The van der Waals surface area contributed by atoms with Crippen molar-refractivity contribution in [3.63, 3.8) is 0 Å². The first-order valence-electron chi connectivity index (χ1n) is 9.41. The SMILES string of the molecule is CCc1nccn1CC(C)NC1CCN(CC(=O)NC2CC2)CC1. The van der Waals surface area contributed by atoms with E-state index in [1.165, 1.54) is 0 Å². The maximum atomic E-state index is 11.9. The van der Waals surface area contributed by atoms with Crippen molar-refractivity contribution >= 4 is 5.91 Å². The number of hydrogen-bond donors (Lipinski definition) is 2. The van der Waals surface area contributed by atoms with E-state index in [9.17, 15) is 4.79 Å². The average molecular weight is 333 g/mol. The number of carbonyl (C=O) groups is 1. The normalized spacial score (nSPS) is 20.9. The predicted molar refractivity (Wildman–Crippen MR) is 94.8 cm³/mol. The Bertz CT molecular complexity index is 531. The van der Waals surface area contributed by atoms with Crippen LogP contribution in [-0.2, 0) is 17.8 Å². The van der Waals surface area contributed by atoms with Crippen LogP contribution in [0.4, 0.5) is 0 Å². The third-order valence-electron chi connectivity index (χ3n) is 5.01. The zero-order chi connectivity index (χ0) is 16.9. The number of amides is 1. The van der Waals surface area contributed by atoms with Gasteiger partial charge in [-0.15, -0.1) is 0 Å². The fourth-order valence-electron chi connectivity index (χ4n) is 3.53. The smallest absolute Gasteiger partial charge is 0.234 e. The Hall–Kier alpha value is -1.40. The van der Waals surface area contributed by atoms with Crippen LogP contribution < -0.4 is 10.6 Å². The van der Waals surface area contributed by atoms with E-state index in [-0.39, 0.29) is 5.91 Å². The molecule has 6 nitrogen and oxygen atoms in total. The minimum absolute atomic E-state index is 0.199. The molecule has 2 N–H and O–H groups in total. The van der Waals surface area contributed by atoms with E-state index in [0.29, 0.717) is 24.7 Å². The van der Waals surface area contributed by atoms with Gasteiger partial charge in [0.25, 0.3) is 0 Å². The summed E-state index contributed by atoms with van der Waals surface area (Å²) in [6, 6.07) is 1.45. The molecule has 1 unspecified atom stereocenters. The largest absolute Gasteiger partial charge is 0.352 e. The summed E-state index contributed by atoms with van der Waals surface area (Å²) in [6.45, 7) is 7.93. The zero-order valence-corrected chi connectivity index (χ0v) is 15.0. The molecule has 1 amide bonds. The van der Waals surface area contributed by atoms with E-state index in [1.807, 2.05) is 6.20 Å². The number of nitrogens with zero attached hydrogens (tertiary/aromatic N) is 3. The topological polar surface area (TPSA) is 62.2 Å². The molecule has 1 aliphatic heterocycles. The van der Waals surface area contributed by atoms with E-state index in [4.69, 9.17) is 0 Å². The number of aromatic nitrogens is 2. The van der Waals surface area contributed by atoms with Gasteiger partial charge in [0, 0.05) is 56.6 Å². The number of nitrogens with one attached hydrogen (secondary N) is 2. The first kappa shape index (κ1) is 17.4. The van der Waals surface area contributed by atoms with Crippen molar-refractivity contribution in [2.24, 2.45) is 0 Å². The molecule has 2 fully saturated rings. The number of likely N-dealkylation sites (tertiary alicyclic amines) is 1. The summed E-state index contributed by atoms with van der Waals surface area (Å²) in [5, 5.41) is 6.82. The van der Waals surface area contributed by atoms with Crippen LogP contribution in [0.15, 0.2) is 12.4 Å². The Labute approximate surface area is 145 Å². The molecular weight excluding hydrogens is 302 g/mol. The molecule has 2 heterocycles. The van der Waals surface area contributed by atoms with Crippen LogP contribution in [0.3, 0.4) is 0 Å². The molecule has 1 aliphatic carbocycles. The first-order chi connectivity index (χ1) is 11.6. The molecular formula is C18H31N5O. The Morgan fingerprint density at radius 2 is 2.04 bits per heavy atom. The molecule has 134 valence electrons. The minimum Gasteiger partial charge on any atom is -0.352 e. The van der Waals surface area contributed by atoms with Gasteiger partial charge in [-0.1, -0.05) is 6.92 Å². The summed E-state index contributed by atoms with van der Waals surface area (Å²) in [5.41, 5.74) is 0. The van der Waals surface area contributed by atoms with Crippen LogP contribution in [0.2, 0.25) is 0 Å². The van der Waals surface area contributed by atoms with Crippen molar-refractivity contribution in [3.8, 4) is 0 Å². The fraction of sp³-hybridized carbons (Fsp3) is 0.778. The maximum Gasteiger partial charge on any atom is 0.234 e. The maximum absolute atomic E-state index is 11.9. The van der Waals surface area contributed by atoms with Gasteiger partial charge in [0.05, 0.1) is 6.54 Å². The quantitative estimate of drug-likeness (QED) is 0.750. The van der Waals surface area contributed by atoms with Crippen LogP contribution in [0.25, 0.3) is 0 Å². The lowest BCUT2D eigenvalue weighted by molar-refractivity contribution is -0.122. The third kappa shape index (κ3) is 5.05. The molecule has 2 aliphatic rings. The molecule has 6 heteroatoms. The van der Waals surface area contributed by atoms with Gasteiger partial charge in [0.2, 0.25) is 5.91 Å². The molecule has 0 aromatic carbocycles. The van der Waals surface area contributed by atoms with Crippen molar-refractivity contribution in [3.05, 3.63) is 18.2 Å². The van der Waals surface area contributed by atoms with Gasteiger partial charge in [-0.2, -0.15) is 0 Å². The second-order valence-corrected chi connectivity index (χ2v) is 7.31. The Balaban J connectivity index is 1.36. The monoisotopic (exact) mass is 333 g/mol. The second kappa shape index (κ2) is 8.12. The van der Waals surface area contributed by atoms with E-state index < -0.39 is 0 Å². The first-order valence-corrected chi connectivity index (χ1v) is 9.41. The Morgan fingerprint density at radius 3 is 2.71 bits per heavy atom. The lowest BCUT2D eigenvalue weighted by atomic mass is 10.0. The van der Waals surface area contributed by atoms with Gasteiger partial charge in [-0.25, -0.2) is 4.98 Å². The third-order valence-corrected chi connectivity index (χ3v) is 5.01. The molecule has 1 saturated heterocycles. The highest BCUT2D eigenvalue weighted by Crippen LogP contribution is 2.18. The zero-order valence-electron chi connectivity index (χ0n) is 15.0. The van der Waals surface area contributed by atoms with Crippen LogP contribution >= 0.6 is 0 Å². The molecule has 1 atom stereocenters. The summed E-state index contributed by atoms with van der Waals surface area (Å²) in [6.07, 6.45) is 9.48. The molecule has 0 radical (unpaired) electrons. The lowest BCUT2D eigenvalue weighted by Gasteiger charge is -2.33. The lowest BCUT2D eigenvalue weighted by Crippen LogP contribution is -2.48. The van der Waals surface area contributed by atoms with Crippen molar-refractivity contribution in [2.45, 2.75) is 70.6 Å². The number of piperidine rings is 1. The van der Waals surface area contributed by atoms with Crippen LogP contribution in [-0.4, -0.2) is 58.1 Å². The van der Waals surface area contributed by atoms with Gasteiger partial charge >= 0.3 is 0 Å². The van der Waals surface area contributed by atoms with Gasteiger partial charge in [-0.3, -0.25) is 9.69 Å². The van der Waals surface area contributed by atoms with Crippen molar-refractivity contribution in [2.75, 3.05) is 19.6 Å². The number of imidazole rings is 1. The van der Waals surface area contributed by atoms with E-state index >= 15 is 0 Å². The molecule has 24 heavy (non-hydrogen) atoms. The molecule has 0 spiro atoms. The van der Waals surface area contributed by atoms with E-state index in [0.717, 1.165) is 57.6 Å². The number of aryl methyl sites for hydroxylation is 1.